The van der Waals surface area contributed by atoms with E-state index in [1.54, 1.807) is 6.08 Å². The zero-order valence-electron chi connectivity index (χ0n) is 6.92. The molecule has 2 aromatic heterocycles. The van der Waals surface area contributed by atoms with Gasteiger partial charge in [0.15, 0.2) is 0 Å². The lowest BCUT2D eigenvalue weighted by molar-refractivity contribution is -0.104. The second-order valence-corrected chi connectivity index (χ2v) is 2.63. The predicted molar refractivity (Wildman–Crippen MR) is 50.3 cm³/mol. The van der Waals surface area contributed by atoms with E-state index in [1.807, 2.05) is 35.0 Å². The molecule has 3 nitrogen and oxygen atoms in total. The van der Waals surface area contributed by atoms with Crippen molar-refractivity contribution in [3.63, 3.8) is 0 Å². The van der Waals surface area contributed by atoms with Crippen molar-refractivity contribution in [3.8, 4) is 0 Å². The van der Waals surface area contributed by atoms with Crippen LogP contribution >= 0.6 is 0 Å². The highest BCUT2D eigenvalue weighted by Gasteiger charge is 1.95. The molecule has 2 aromatic rings. The SMILES string of the molecule is O=CC=Cc1cn2ccccc2n1. The van der Waals surface area contributed by atoms with E-state index < -0.39 is 0 Å². The molecule has 13 heavy (non-hydrogen) atoms. The fraction of sp³-hybridized carbons (Fsp3) is 0. The summed E-state index contributed by atoms with van der Waals surface area (Å²) in [7, 11) is 0. The average molecular weight is 172 g/mol. The number of pyridine rings is 1. The van der Waals surface area contributed by atoms with Crippen LogP contribution in [0.4, 0.5) is 0 Å². The first kappa shape index (κ1) is 7.73. The van der Waals surface area contributed by atoms with Gasteiger partial charge in [-0.2, -0.15) is 0 Å². The second kappa shape index (κ2) is 3.23. The van der Waals surface area contributed by atoms with Gasteiger partial charge in [0.1, 0.15) is 11.9 Å². The van der Waals surface area contributed by atoms with Gasteiger partial charge in [-0.1, -0.05) is 6.07 Å². The van der Waals surface area contributed by atoms with Crippen LogP contribution < -0.4 is 0 Å². The van der Waals surface area contributed by atoms with Gasteiger partial charge in [-0.3, -0.25) is 4.79 Å². The summed E-state index contributed by atoms with van der Waals surface area (Å²) in [6.07, 6.45) is 7.64. The van der Waals surface area contributed by atoms with Gasteiger partial charge in [0.25, 0.3) is 0 Å². The standard InChI is InChI=1S/C10H8N2O/c13-7-3-4-9-8-12-6-2-1-5-10(12)11-9/h1-8H. The summed E-state index contributed by atoms with van der Waals surface area (Å²) in [6.45, 7) is 0. The van der Waals surface area contributed by atoms with E-state index in [-0.39, 0.29) is 0 Å². The third kappa shape index (κ3) is 1.49. The highest BCUT2D eigenvalue weighted by atomic mass is 16.1. The molecule has 0 bridgehead atoms. The van der Waals surface area contributed by atoms with Crippen LogP contribution in [0.3, 0.4) is 0 Å². The van der Waals surface area contributed by atoms with Crippen LogP contribution in [0.15, 0.2) is 36.7 Å². The van der Waals surface area contributed by atoms with Gasteiger partial charge < -0.3 is 4.40 Å². The van der Waals surface area contributed by atoms with E-state index >= 15 is 0 Å². The van der Waals surface area contributed by atoms with E-state index in [1.165, 1.54) is 6.08 Å². The van der Waals surface area contributed by atoms with Crippen molar-refractivity contribution in [1.82, 2.24) is 9.38 Å². The molecular weight excluding hydrogens is 164 g/mol. The number of allylic oxidation sites excluding steroid dienone is 1. The van der Waals surface area contributed by atoms with Gasteiger partial charge >= 0.3 is 0 Å². The zero-order chi connectivity index (χ0) is 9.10. The number of carbonyl (C=O) groups excluding carboxylic acids is 1. The van der Waals surface area contributed by atoms with Crippen molar-refractivity contribution >= 4 is 18.0 Å². The molecule has 0 aromatic carbocycles. The molecule has 0 spiro atoms. The Kier molecular flexibility index (Phi) is 1.92. The highest BCUT2D eigenvalue weighted by molar-refractivity contribution is 5.73. The summed E-state index contributed by atoms with van der Waals surface area (Å²) >= 11 is 0. The molecular formula is C10H8N2O. The third-order valence-corrected chi connectivity index (χ3v) is 1.73. The van der Waals surface area contributed by atoms with E-state index in [0.717, 1.165) is 17.6 Å². The minimum absolute atomic E-state index is 0.740. The molecule has 0 amide bonds. The Morgan fingerprint density at radius 1 is 1.38 bits per heavy atom. The number of rotatable bonds is 2. The first-order valence-corrected chi connectivity index (χ1v) is 3.96. The quantitative estimate of drug-likeness (QED) is 0.508. The van der Waals surface area contributed by atoms with Crippen LogP contribution in [0.5, 0.6) is 0 Å². The number of fused-ring (bicyclic) bond motifs is 1. The summed E-state index contributed by atoms with van der Waals surface area (Å²) in [5.74, 6) is 0. The maximum Gasteiger partial charge on any atom is 0.142 e. The highest BCUT2D eigenvalue weighted by Crippen LogP contribution is 2.05. The minimum atomic E-state index is 0.740. The molecule has 0 saturated carbocycles. The first-order valence-electron chi connectivity index (χ1n) is 3.96. The minimum Gasteiger partial charge on any atom is -0.306 e. The molecule has 0 aliphatic rings. The van der Waals surface area contributed by atoms with Crippen molar-refractivity contribution in [2.45, 2.75) is 0 Å². The summed E-state index contributed by atoms with van der Waals surface area (Å²) in [6, 6.07) is 5.77. The van der Waals surface area contributed by atoms with Crippen molar-refractivity contribution in [1.29, 1.82) is 0 Å². The fourth-order valence-corrected chi connectivity index (χ4v) is 1.17. The molecule has 0 saturated heterocycles. The molecule has 2 rings (SSSR count). The van der Waals surface area contributed by atoms with Crippen LogP contribution in [0.1, 0.15) is 5.69 Å². The number of hydrogen-bond donors (Lipinski definition) is 0. The molecule has 0 unspecified atom stereocenters. The largest absolute Gasteiger partial charge is 0.306 e. The van der Waals surface area contributed by atoms with E-state index in [0.29, 0.717) is 0 Å². The molecule has 0 aliphatic heterocycles. The van der Waals surface area contributed by atoms with Crippen LogP contribution in [0.25, 0.3) is 11.7 Å². The van der Waals surface area contributed by atoms with Gasteiger partial charge in [0.2, 0.25) is 0 Å². The third-order valence-electron chi connectivity index (χ3n) is 1.73. The summed E-state index contributed by atoms with van der Waals surface area (Å²) in [4.78, 5) is 14.3. The topological polar surface area (TPSA) is 34.4 Å². The predicted octanol–water partition coefficient (Wildman–Crippen LogP) is 1.55. The molecule has 3 heteroatoms. The Morgan fingerprint density at radius 3 is 3.08 bits per heavy atom. The zero-order valence-corrected chi connectivity index (χ0v) is 6.92. The molecule has 64 valence electrons. The van der Waals surface area contributed by atoms with E-state index in [2.05, 4.69) is 4.98 Å². The molecule has 0 fully saturated rings. The number of hydrogen-bond acceptors (Lipinski definition) is 2. The number of imidazole rings is 1. The van der Waals surface area contributed by atoms with Crippen LogP contribution in [-0.4, -0.2) is 15.7 Å². The Morgan fingerprint density at radius 2 is 2.31 bits per heavy atom. The van der Waals surface area contributed by atoms with Crippen molar-refractivity contribution in [2.75, 3.05) is 0 Å². The number of aldehydes is 1. The molecule has 2 heterocycles. The summed E-state index contributed by atoms with van der Waals surface area (Å²) in [5.41, 5.74) is 1.67. The summed E-state index contributed by atoms with van der Waals surface area (Å²) in [5, 5.41) is 0. The average Bonchev–Trinajstić information content (AvgIpc) is 2.57. The second-order valence-electron chi connectivity index (χ2n) is 2.63. The van der Waals surface area contributed by atoms with Crippen molar-refractivity contribution < 1.29 is 4.79 Å². The molecule has 0 radical (unpaired) electrons. The molecule has 0 aliphatic carbocycles. The Labute approximate surface area is 75.3 Å². The number of aromatic nitrogens is 2. The monoisotopic (exact) mass is 172 g/mol. The number of carbonyl (C=O) groups is 1. The maximum atomic E-state index is 10.1. The Balaban J connectivity index is 2.49. The fourth-order valence-electron chi connectivity index (χ4n) is 1.17. The smallest absolute Gasteiger partial charge is 0.142 e. The lowest BCUT2D eigenvalue weighted by Gasteiger charge is -1.86. The van der Waals surface area contributed by atoms with Gasteiger partial charge in [-0.25, -0.2) is 4.98 Å². The van der Waals surface area contributed by atoms with Crippen LogP contribution in [0, 0.1) is 0 Å². The van der Waals surface area contributed by atoms with Crippen molar-refractivity contribution in [3.05, 3.63) is 42.4 Å². The lowest BCUT2D eigenvalue weighted by atomic mass is 10.4. The molecule has 0 atom stereocenters. The van der Waals surface area contributed by atoms with Gasteiger partial charge in [-0.15, -0.1) is 0 Å². The lowest BCUT2D eigenvalue weighted by Crippen LogP contribution is -1.77. The maximum absolute atomic E-state index is 10.1. The normalized spacial score (nSPS) is 11.1. The van der Waals surface area contributed by atoms with Gasteiger partial charge in [0, 0.05) is 12.4 Å². The first-order chi connectivity index (χ1) is 6.40. The van der Waals surface area contributed by atoms with Crippen LogP contribution in [0.2, 0.25) is 0 Å². The number of nitrogens with zero attached hydrogens (tertiary/aromatic N) is 2. The Hall–Kier alpha value is -1.90. The van der Waals surface area contributed by atoms with Crippen molar-refractivity contribution in [2.24, 2.45) is 0 Å². The Bertz CT molecular complexity index is 424. The van der Waals surface area contributed by atoms with Gasteiger partial charge in [0.05, 0.1) is 5.69 Å². The van der Waals surface area contributed by atoms with Crippen LogP contribution in [-0.2, 0) is 4.79 Å². The van der Waals surface area contributed by atoms with E-state index in [4.69, 9.17) is 0 Å². The molecule has 0 N–H and O–H groups in total. The van der Waals surface area contributed by atoms with E-state index in [9.17, 15) is 4.79 Å². The van der Waals surface area contributed by atoms with Gasteiger partial charge in [-0.05, 0) is 24.3 Å². The summed E-state index contributed by atoms with van der Waals surface area (Å²) < 4.78 is 1.91.